The molecule has 0 fully saturated rings. The van der Waals surface area contributed by atoms with E-state index < -0.39 is 0 Å². The first-order valence-corrected chi connectivity index (χ1v) is 6.99. The van der Waals surface area contributed by atoms with E-state index in [2.05, 4.69) is 24.4 Å². The Morgan fingerprint density at radius 3 is 2.70 bits per heavy atom. The van der Waals surface area contributed by atoms with Crippen molar-refractivity contribution >= 4 is 22.6 Å². The van der Waals surface area contributed by atoms with Gasteiger partial charge in [0, 0.05) is 17.5 Å². The first-order valence-electron chi connectivity index (χ1n) is 6.61. The topological polar surface area (TPSA) is 25.2 Å². The van der Waals surface area contributed by atoms with E-state index in [1.165, 1.54) is 5.56 Å². The fourth-order valence-corrected chi connectivity index (χ4v) is 2.66. The van der Waals surface area contributed by atoms with E-state index in [1.807, 2.05) is 37.4 Å². The zero-order chi connectivity index (χ0) is 14.1. The highest BCUT2D eigenvalue weighted by atomic mass is 35.5. The van der Waals surface area contributed by atoms with Crippen molar-refractivity contribution in [3.63, 3.8) is 0 Å². The number of halogens is 1. The van der Waals surface area contributed by atoms with Gasteiger partial charge in [0.15, 0.2) is 0 Å². The molecule has 0 amide bonds. The van der Waals surface area contributed by atoms with Crippen LogP contribution in [0.3, 0.4) is 0 Å². The van der Waals surface area contributed by atoms with Crippen molar-refractivity contribution in [2.24, 2.45) is 0 Å². The molecular formula is C17H16ClNO. The molecule has 0 saturated heterocycles. The van der Waals surface area contributed by atoms with Crippen molar-refractivity contribution in [2.75, 3.05) is 7.05 Å². The van der Waals surface area contributed by atoms with Crippen LogP contribution in [0.15, 0.2) is 46.9 Å². The number of nitrogens with one attached hydrogen (secondary N) is 1. The molecule has 0 atom stereocenters. The van der Waals surface area contributed by atoms with Crippen molar-refractivity contribution in [2.45, 2.75) is 13.5 Å². The average Bonchev–Trinajstić information content (AvgIpc) is 2.81. The maximum Gasteiger partial charge on any atom is 0.136 e. The number of furan rings is 1. The van der Waals surface area contributed by atoms with E-state index in [-0.39, 0.29) is 0 Å². The Hall–Kier alpha value is -1.77. The standard InChI is InChI=1S/C17H16ClNO/c1-11-3-6-16-13(7-11)9-17(20-16)14-5-4-12(10-19-2)8-15(14)18/h3-9,19H,10H2,1-2H3. The van der Waals surface area contributed by atoms with Gasteiger partial charge in [-0.3, -0.25) is 0 Å². The summed E-state index contributed by atoms with van der Waals surface area (Å²) in [5, 5.41) is 4.94. The van der Waals surface area contributed by atoms with E-state index in [0.29, 0.717) is 5.02 Å². The lowest BCUT2D eigenvalue weighted by molar-refractivity contribution is 0.631. The smallest absolute Gasteiger partial charge is 0.136 e. The highest BCUT2D eigenvalue weighted by molar-refractivity contribution is 6.33. The van der Waals surface area contributed by atoms with Crippen molar-refractivity contribution in [3.05, 3.63) is 58.6 Å². The third-order valence-corrected chi connectivity index (χ3v) is 3.66. The maximum atomic E-state index is 6.37. The van der Waals surface area contributed by atoms with Crippen LogP contribution in [0.5, 0.6) is 0 Å². The predicted octanol–water partition coefficient (Wildman–Crippen LogP) is 4.78. The molecule has 1 heterocycles. The Labute approximate surface area is 123 Å². The molecule has 0 saturated carbocycles. The van der Waals surface area contributed by atoms with Crippen molar-refractivity contribution < 1.29 is 4.42 Å². The normalized spacial score (nSPS) is 11.2. The molecule has 3 rings (SSSR count). The summed E-state index contributed by atoms with van der Waals surface area (Å²) >= 11 is 6.37. The second kappa shape index (κ2) is 5.31. The van der Waals surface area contributed by atoms with E-state index >= 15 is 0 Å². The highest BCUT2D eigenvalue weighted by Crippen LogP contribution is 2.33. The van der Waals surface area contributed by atoms with Crippen LogP contribution < -0.4 is 5.32 Å². The summed E-state index contributed by atoms with van der Waals surface area (Å²) in [4.78, 5) is 0. The number of hydrogen-bond donors (Lipinski definition) is 1. The molecule has 3 heteroatoms. The molecule has 0 spiro atoms. The van der Waals surface area contributed by atoms with Crippen LogP contribution in [0.4, 0.5) is 0 Å². The monoisotopic (exact) mass is 285 g/mol. The molecule has 0 aliphatic heterocycles. The highest BCUT2D eigenvalue weighted by Gasteiger charge is 2.10. The number of aryl methyl sites for hydroxylation is 1. The lowest BCUT2D eigenvalue weighted by Crippen LogP contribution is -2.04. The minimum absolute atomic E-state index is 0.716. The van der Waals surface area contributed by atoms with Crippen molar-refractivity contribution in [1.29, 1.82) is 0 Å². The summed E-state index contributed by atoms with van der Waals surface area (Å²) in [5.41, 5.74) is 4.20. The second-order valence-corrected chi connectivity index (χ2v) is 5.40. The average molecular weight is 286 g/mol. The van der Waals surface area contributed by atoms with Gasteiger partial charge in [-0.1, -0.05) is 29.3 Å². The minimum atomic E-state index is 0.716. The van der Waals surface area contributed by atoms with Crippen LogP contribution in [0.2, 0.25) is 5.02 Å². The molecule has 1 aromatic heterocycles. The van der Waals surface area contributed by atoms with Gasteiger partial charge in [-0.2, -0.15) is 0 Å². The Bertz CT molecular complexity index is 761. The first kappa shape index (κ1) is 13.2. The molecular weight excluding hydrogens is 270 g/mol. The lowest BCUT2D eigenvalue weighted by atomic mass is 10.1. The van der Waals surface area contributed by atoms with Gasteiger partial charge in [0.1, 0.15) is 11.3 Å². The van der Waals surface area contributed by atoms with Crippen molar-refractivity contribution in [3.8, 4) is 11.3 Å². The maximum absolute atomic E-state index is 6.37. The number of hydrogen-bond acceptors (Lipinski definition) is 2. The quantitative estimate of drug-likeness (QED) is 0.749. The number of fused-ring (bicyclic) bond motifs is 1. The second-order valence-electron chi connectivity index (χ2n) is 5.00. The Kier molecular flexibility index (Phi) is 3.51. The summed E-state index contributed by atoms with van der Waals surface area (Å²) in [5.74, 6) is 0.812. The number of benzene rings is 2. The molecule has 0 aliphatic carbocycles. The van der Waals surface area contributed by atoms with Crippen LogP contribution in [-0.4, -0.2) is 7.05 Å². The minimum Gasteiger partial charge on any atom is -0.456 e. The lowest BCUT2D eigenvalue weighted by Gasteiger charge is -2.04. The fraction of sp³-hybridized carbons (Fsp3) is 0.176. The number of rotatable bonds is 3. The van der Waals surface area contributed by atoms with Crippen LogP contribution >= 0.6 is 11.6 Å². The molecule has 2 nitrogen and oxygen atoms in total. The van der Waals surface area contributed by atoms with E-state index in [4.69, 9.17) is 16.0 Å². The van der Waals surface area contributed by atoms with Gasteiger partial charge in [-0.15, -0.1) is 0 Å². The van der Waals surface area contributed by atoms with E-state index in [9.17, 15) is 0 Å². The Morgan fingerprint density at radius 1 is 1.10 bits per heavy atom. The Balaban J connectivity index is 2.06. The summed E-state index contributed by atoms with van der Waals surface area (Å²) in [6.07, 6.45) is 0. The summed E-state index contributed by atoms with van der Waals surface area (Å²) < 4.78 is 5.89. The Morgan fingerprint density at radius 2 is 1.95 bits per heavy atom. The van der Waals surface area contributed by atoms with Crippen LogP contribution in [0, 0.1) is 6.92 Å². The first-order chi connectivity index (χ1) is 9.67. The van der Waals surface area contributed by atoms with Crippen molar-refractivity contribution in [1.82, 2.24) is 5.32 Å². The fourth-order valence-electron chi connectivity index (χ4n) is 2.37. The summed E-state index contributed by atoms with van der Waals surface area (Å²) in [7, 11) is 1.92. The summed E-state index contributed by atoms with van der Waals surface area (Å²) in [6, 6.07) is 14.3. The zero-order valence-corrected chi connectivity index (χ0v) is 12.3. The van der Waals surface area contributed by atoms with Gasteiger partial charge in [-0.25, -0.2) is 0 Å². The third-order valence-electron chi connectivity index (χ3n) is 3.35. The molecule has 0 bridgehead atoms. The van der Waals surface area contributed by atoms with Gasteiger partial charge in [0.25, 0.3) is 0 Å². The SMILES string of the molecule is CNCc1ccc(-c2cc3cc(C)ccc3o2)c(Cl)c1. The molecule has 0 radical (unpaired) electrons. The molecule has 20 heavy (non-hydrogen) atoms. The van der Waals surface area contributed by atoms with E-state index in [1.54, 1.807) is 0 Å². The molecule has 2 aromatic carbocycles. The molecule has 102 valence electrons. The third kappa shape index (κ3) is 2.45. The molecule has 3 aromatic rings. The van der Waals surface area contributed by atoms with Gasteiger partial charge >= 0.3 is 0 Å². The van der Waals surface area contributed by atoms with Gasteiger partial charge in [0.05, 0.1) is 5.02 Å². The molecule has 0 unspecified atom stereocenters. The van der Waals surface area contributed by atoms with Gasteiger partial charge in [-0.05, 0) is 49.9 Å². The van der Waals surface area contributed by atoms with Gasteiger partial charge < -0.3 is 9.73 Å². The largest absolute Gasteiger partial charge is 0.456 e. The van der Waals surface area contributed by atoms with Crippen LogP contribution in [-0.2, 0) is 6.54 Å². The molecule has 0 aliphatic rings. The van der Waals surface area contributed by atoms with E-state index in [0.717, 1.165) is 34.4 Å². The molecule has 1 N–H and O–H groups in total. The van der Waals surface area contributed by atoms with Crippen LogP contribution in [0.1, 0.15) is 11.1 Å². The summed E-state index contributed by atoms with van der Waals surface area (Å²) in [6.45, 7) is 2.88. The predicted molar refractivity (Wildman–Crippen MR) is 84.2 cm³/mol. The van der Waals surface area contributed by atoms with Crippen LogP contribution in [0.25, 0.3) is 22.3 Å². The van der Waals surface area contributed by atoms with Gasteiger partial charge in [0.2, 0.25) is 0 Å². The zero-order valence-electron chi connectivity index (χ0n) is 11.5.